The number of fused-ring (bicyclic) bond motifs is 1. The van der Waals surface area contributed by atoms with Gasteiger partial charge in [-0.2, -0.15) is 4.68 Å². The number of hydrogen-bond acceptors (Lipinski definition) is 7. The summed E-state index contributed by atoms with van der Waals surface area (Å²) in [6, 6.07) is 13.7. The fraction of sp³-hybridized carbons (Fsp3) is 0.300. The Morgan fingerprint density at radius 2 is 1.97 bits per heavy atom. The Bertz CT molecular complexity index is 1000. The summed E-state index contributed by atoms with van der Waals surface area (Å²) in [5, 5.41) is 15.3. The zero-order valence-electron chi connectivity index (χ0n) is 16.2. The maximum Gasteiger partial charge on any atom is 0.231 e. The van der Waals surface area contributed by atoms with Crippen LogP contribution in [0.25, 0.3) is 5.69 Å². The van der Waals surface area contributed by atoms with Gasteiger partial charge in [0.1, 0.15) is 0 Å². The summed E-state index contributed by atoms with van der Waals surface area (Å²) >= 11 is 1.29. The standard InChI is InChI=1S/C20H21N5O3S/c1-13(2)15-4-6-16(7-5-15)25-20(22-23-24-25)29-11-19(26)21-10-14-3-8-17-18(9-14)28-12-27-17/h3-9,13H,10-12H2,1-2H3,(H,21,26). The van der Waals surface area contributed by atoms with Crippen LogP contribution in [0.5, 0.6) is 11.5 Å². The molecule has 1 aliphatic rings. The third-order valence-corrected chi connectivity index (χ3v) is 5.42. The highest BCUT2D eigenvalue weighted by atomic mass is 32.2. The Morgan fingerprint density at radius 3 is 2.76 bits per heavy atom. The van der Waals surface area contributed by atoms with Crippen molar-refractivity contribution in [2.24, 2.45) is 0 Å². The lowest BCUT2D eigenvalue weighted by Crippen LogP contribution is -2.24. The van der Waals surface area contributed by atoms with Gasteiger partial charge >= 0.3 is 0 Å². The number of thioether (sulfide) groups is 1. The summed E-state index contributed by atoms with van der Waals surface area (Å²) in [6.07, 6.45) is 0. The monoisotopic (exact) mass is 411 g/mol. The van der Waals surface area contributed by atoms with Gasteiger partial charge in [0.2, 0.25) is 17.9 Å². The second-order valence-electron chi connectivity index (χ2n) is 6.87. The highest BCUT2D eigenvalue weighted by molar-refractivity contribution is 7.99. The van der Waals surface area contributed by atoms with Gasteiger partial charge in [-0.3, -0.25) is 4.79 Å². The van der Waals surface area contributed by atoms with E-state index in [-0.39, 0.29) is 18.5 Å². The second kappa shape index (κ2) is 8.52. The fourth-order valence-electron chi connectivity index (χ4n) is 2.86. The first-order chi connectivity index (χ1) is 14.1. The van der Waals surface area contributed by atoms with Crippen LogP contribution in [-0.2, 0) is 11.3 Å². The molecule has 2 aromatic carbocycles. The molecule has 8 nitrogen and oxygen atoms in total. The number of ether oxygens (including phenoxy) is 2. The molecule has 0 atom stereocenters. The smallest absolute Gasteiger partial charge is 0.231 e. The van der Waals surface area contributed by atoms with Gasteiger partial charge in [0, 0.05) is 6.54 Å². The molecule has 0 bridgehead atoms. The molecule has 3 aromatic rings. The minimum atomic E-state index is -0.0997. The number of carbonyl (C=O) groups is 1. The molecule has 150 valence electrons. The Balaban J connectivity index is 1.32. The average Bonchev–Trinajstić information content (AvgIpc) is 3.39. The quantitative estimate of drug-likeness (QED) is 0.598. The molecule has 0 spiro atoms. The van der Waals surface area contributed by atoms with Crippen LogP contribution >= 0.6 is 11.8 Å². The molecule has 0 unspecified atom stereocenters. The van der Waals surface area contributed by atoms with Crippen molar-refractivity contribution in [3.8, 4) is 17.2 Å². The first kappa shape index (κ1) is 19.3. The Hall–Kier alpha value is -3.07. The predicted octanol–water partition coefficient (Wildman–Crippen LogP) is 2.92. The molecule has 1 aromatic heterocycles. The van der Waals surface area contributed by atoms with Crippen molar-refractivity contribution < 1.29 is 14.3 Å². The minimum Gasteiger partial charge on any atom is -0.454 e. The van der Waals surface area contributed by atoms with E-state index in [1.807, 2.05) is 30.3 Å². The van der Waals surface area contributed by atoms with Crippen LogP contribution in [0.2, 0.25) is 0 Å². The van der Waals surface area contributed by atoms with Gasteiger partial charge in [0.05, 0.1) is 11.4 Å². The number of amides is 1. The van der Waals surface area contributed by atoms with E-state index in [0.29, 0.717) is 23.4 Å². The van der Waals surface area contributed by atoms with Crippen LogP contribution in [0.3, 0.4) is 0 Å². The lowest BCUT2D eigenvalue weighted by atomic mass is 10.0. The topological polar surface area (TPSA) is 91.2 Å². The molecule has 1 aliphatic heterocycles. The van der Waals surface area contributed by atoms with Crippen LogP contribution in [0, 0.1) is 0 Å². The molecule has 1 amide bonds. The van der Waals surface area contributed by atoms with Crippen LogP contribution in [0.15, 0.2) is 47.6 Å². The van der Waals surface area contributed by atoms with E-state index in [2.05, 4.69) is 46.8 Å². The lowest BCUT2D eigenvalue weighted by molar-refractivity contribution is -0.118. The van der Waals surface area contributed by atoms with Crippen molar-refractivity contribution in [1.82, 2.24) is 25.5 Å². The van der Waals surface area contributed by atoms with E-state index in [1.165, 1.54) is 17.3 Å². The van der Waals surface area contributed by atoms with Gasteiger partial charge in [0.15, 0.2) is 11.5 Å². The highest BCUT2D eigenvalue weighted by Crippen LogP contribution is 2.32. The van der Waals surface area contributed by atoms with E-state index < -0.39 is 0 Å². The molecule has 0 saturated carbocycles. The summed E-state index contributed by atoms with van der Waals surface area (Å²) in [4.78, 5) is 12.2. The van der Waals surface area contributed by atoms with Gasteiger partial charge in [-0.25, -0.2) is 0 Å². The van der Waals surface area contributed by atoms with Crippen LogP contribution in [0.4, 0.5) is 0 Å². The molecular formula is C20H21N5O3S. The zero-order chi connectivity index (χ0) is 20.2. The normalized spacial score (nSPS) is 12.4. The molecule has 2 heterocycles. The number of tetrazole rings is 1. The molecule has 29 heavy (non-hydrogen) atoms. The van der Waals surface area contributed by atoms with Gasteiger partial charge in [-0.05, 0) is 51.7 Å². The van der Waals surface area contributed by atoms with Crippen LogP contribution < -0.4 is 14.8 Å². The number of nitrogens with zero attached hydrogens (tertiary/aromatic N) is 4. The van der Waals surface area contributed by atoms with E-state index >= 15 is 0 Å². The maximum absolute atomic E-state index is 12.2. The number of nitrogens with one attached hydrogen (secondary N) is 1. The van der Waals surface area contributed by atoms with E-state index in [4.69, 9.17) is 9.47 Å². The third-order valence-electron chi connectivity index (χ3n) is 4.50. The number of aromatic nitrogens is 4. The molecule has 0 fully saturated rings. The SMILES string of the molecule is CC(C)c1ccc(-n2nnnc2SCC(=O)NCc2ccc3c(c2)OCO3)cc1. The average molecular weight is 411 g/mol. The maximum atomic E-state index is 12.2. The molecular weight excluding hydrogens is 390 g/mol. The Labute approximate surface area is 172 Å². The molecule has 0 radical (unpaired) electrons. The van der Waals surface area contributed by atoms with Gasteiger partial charge in [0.25, 0.3) is 0 Å². The fourth-order valence-corrected chi connectivity index (χ4v) is 3.58. The molecule has 9 heteroatoms. The summed E-state index contributed by atoms with van der Waals surface area (Å²) < 4.78 is 12.3. The lowest BCUT2D eigenvalue weighted by Gasteiger charge is -2.08. The van der Waals surface area contributed by atoms with E-state index in [0.717, 1.165) is 17.0 Å². The minimum absolute atomic E-state index is 0.0997. The first-order valence-electron chi connectivity index (χ1n) is 9.27. The molecule has 1 N–H and O–H groups in total. The van der Waals surface area contributed by atoms with Gasteiger partial charge in [-0.15, -0.1) is 5.10 Å². The van der Waals surface area contributed by atoms with Crippen molar-refractivity contribution >= 4 is 17.7 Å². The van der Waals surface area contributed by atoms with E-state index in [9.17, 15) is 4.79 Å². The van der Waals surface area contributed by atoms with Crippen molar-refractivity contribution in [1.29, 1.82) is 0 Å². The number of rotatable bonds is 7. The Morgan fingerprint density at radius 1 is 1.17 bits per heavy atom. The van der Waals surface area contributed by atoms with Crippen molar-refractivity contribution in [2.45, 2.75) is 31.5 Å². The summed E-state index contributed by atoms with van der Waals surface area (Å²) in [5.41, 5.74) is 3.06. The van der Waals surface area contributed by atoms with Gasteiger partial charge < -0.3 is 14.8 Å². The van der Waals surface area contributed by atoms with Crippen LogP contribution in [0.1, 0.15) is 30.9 Å². The predicted molar refractivity (Wildman–Crippen MR) is 108 cm³/mol. The van der Waals surface area contributed by atoms with Crippen molar-refractivity contribution in [3.05, 3.63) is 53.6 Å². The molecule has 0 saturated heterocycles. The largest absolute Gasteiger partial charge is 0.454 e. The van der Waals surface area contributed by atoms with Crippen molar-refractivity contribution in [2.75, 3.05) is 12.5 Å². The van der Waals surface area contributed by atoms with E-state index in [1.54, 1.807) is 4.68 Å². The number of carbonyl (C=O) groups excluding carboxylic acids is 1. The third kappa shape index (κ3) is 4.51. The van der Waals surface area contributed by atoms with Crippen molar-refractivity contribution in [3.63, 3.8) is 0 Å². The molecule has 4 rings (SSSR count). The number of hydrogen-bond donors (Lipinski definition) is 1. The summed E-state index contributed by atoms with van der Waals surface area (Å²) in [6.45, 7) is 4.94. The summed E-state index contributed by atoms with van der Waals surface area (Å²) in [7, 11) is 0. The summed E-state index contributed by atoms with van der Waals surface area (Å²) in [5.74, 6) is 2.00. The Kier molecular flexibility index (Phi) is 5.66. The number of benzene rings is 2. The highest BCUT2D eigenvalue weighted by Gasteiger charge is 2.14. The van der Waals surface area contributed by atoms with Crippen LogP contribution in [-0.4, -0.2) is 38.7 Å². The second-order valence-corrected chi connectivity index (χ2v) is 7.82. The molecule has 0 aliphatic carbocycles. The zero-order valence-corrected chi connectivity index (χ0v) is 17.0. The van der Waals surface area contributed by atoms with Gasteiger partial charge in [-0.1, -0.05) is 43.8 Å². The first-order valence-corrected chi connectivity index (χ1v) is 10.3.